The number of nitrogens with one attached hydrogen (secondary N) is 1. The van der Waals surface area contributed by atoms with Crippen molar-refractivity contribution in [3.63, 3.8) is 0 Å². The van der Waals surface area contributed by atoms with Crippen molar-refractivity contribution in [2.75, 3.05) is 20.7 Å². The molecule has 0 spiro atoms. The normalized spacial score (nSPS) is 11.0. The van der Waals surface area contributed by atoms with Crippen molar-refractivity contribution in [1.29, 1.82) is 0 Å². The summed E-state index contributed by atoms with van der Waals surface area (Å²) in [5.41, 5.74) is 0.493. The second-order valence-electron chi connectivity index (χ2n) is 3.31. The Morgan fingerprint density at radius 3 is 2.44 bits per heavy atom. The molecule has 0 radical (unpaired) electrons. The highest BCUT2D eigenvalue weighted by Gasteiger charge is 2.09. The zero-order chi connectivity index (χ0) is 12.0. The number of rotatable bonds is 5. The summed E-state index contributed by atoms with van der Waals surface area (Å²) in [4.78, 5) is 0. The Hall–Kier alpha value is -1.42. The fourth-order valence-electron chi connectivity index (χ4n) is 1.32. The smallest absolute Gasteiger partial charge is 0.190 e. The van der Waals surface area contributed by atoms with Crippen molar-refractivity contribution in [1.82, 2.24) is 5.32 Å². The van der Waals surface area contributed by atoms with Crippen LogP contribution in [-0.4, -0.2) is 20.7 Å². The maximum atomic E-state index is 13.3. The highest BCUT2D eigenvalue weighted by Crippen LogP contribution is 2.23. The summed E-state index contributed by atoms with van der Waals surface area (Å²) in [5, 5.41) is 2.98. The molecule has 0 saturated carbocycles. The molecule has 1 aromatic rings. The van der Waals surface area contributed by atoms with Gasteiger partial charge in [-0.1, -0.05) is 12.2 Å². The first kappa shape index (κ1) is 12.6. The lowest BCUT2D eigenvalue weighted by Gasteiger charge is -2.04. The first-order valence-electron chi connectivity index (χ1n) is 5.03. The quantitative estimate of drug-likeness (QED) is 0.781. The molecule has 0 saturated heterocycles. The van der Waals surface area contributed by atoms with Crippen LogP contribution in [0.3, 0.4) is 0 Å². The second kappa shape index (κ2) is 6.23. The third kappa shape index (κ3) is 3.31. The fraction of sp³-hybridized carbons (Fsp3) is 0.333. The monoisotopic (exact) mass is 227 g/mol. The molecule has 2 nitrogen and oxygen atoms in total. The highest BCUT2D eigenvalue weighted by molar-refractivity contribution is 5.51. The van der Waals surface area contributed by atoms with E-state index in [9.17, 15) is 8.78 Å². The van der Waals surface area contributed by atoms with Crippen LogP contribution in [0.4, 0.5) is 8.78 Å². The van der Waals surface area contributed by atoms with Gasteiger partial charge in [-0.15, -0.1) is 0 Å². The van der Waals surface area contributed by atoms with Gasteiger partial charge >= 0.3 is 0 Å². The highest BCUT2D eigenvalue weighted by atomic mass is 19.1. The van der Waals surface area contributed by atoms with Crippen LogP contribution < -0.4 is 10.1 Å². The van der Waals surface area contributed by atoms with Crippen molar-refractivity contribution in [2.24, 2.45) is 0 Å². The second-order valence-corrected chi connectivity index (χ2v) is 3.31. The van der Waals surface area contributed by atoms with Gasteiger partial charge in [0, 0.05) is 0 Å². The number of hydrogen-bond donors (Lipinski definition) is 1. The molecule has 0 atom stereocenters. The minimum Gasteiger partial charge on any atom is -0.491 e. The average Bonchev–Trinajstić information content (AvgIpc) is 2.24. The standard InChI is InChI=1S/C12H15F2NO/c1-15-6-4-3-5-9-7-10(13)12(16-2)11(14)8-9/h3,5,7-8,15H,4,6H2,1-2H3. The van der Waals surface area contributed by atoms with Gasteiger partial charge in [0.15, 0.2) is 17.4 Å². The van der Waals surface area contributed by atoms with Gasteiger partial charge in [0.2, 0.25) is 0 Å². The van der Waals surface area contributed by atoms with Crippen molar-refractivity contribution in [3.8, 4) is 5.75 Å². The number of halogens is 2. The van der Waals surface area contributed by atoms with E-state index in [2.05, 4.69) is 10.1 Å². The topological polar surface area (TPSA) is 21.3 Å². The minimum absolute atomic E-state index is 0.340. The van der Waals surface area contributed by atoms with Crippen molar-refractivity contribution in [2.45, 2.75) is 6.42 Å². The molecule has 0 bridgehead atoms. The summed E-state index contributed by atoms with van der Waals surface area (Å²) in [6, 6.07) is 2.50. The Kier molecular flexibility index (Phi) is 4.92. The van der Waals surface area contributed by atoms with Crippen LogP contribution in [0.5, 0.6) is 5.75 Å². The first-order valence-corrected chi connectivity index (χ1v) is 5.03. The van der Waals surface area contributed by atoms with Gasteiger partial charge in [0.1, 0.15) is 0 Å². The van der Waals surface area contributed by atoms with Gasteiger partial charge in [-0.3, -0.25) is 0 Å². The molecular weight excluding hydrogens is 212 g/mol. The number of benzene rings is 1. The number of hydrogen-bond acceptors (Lipinski definition) is 2. The molecule has 0 fully saturated rings. The molecule has 0 aromatic heterocycles. The first-order chi connectivity index (χ1) is 7.69. The van der Waals surface area contributed by atoms with E-state index in [-0.39, 0.29) is 5.75 Å². The minimum atomic E-state index is -0.684. The Labute approximate surface area is 93.9 Å². The van der Waals surface area contributed by atoms with Crippen molar-refractivity contribution < 1.29 is 13.5 Å². The maximum absolute atomic E-state index is 13.3. The lowest BCUT2D eigenvalue weighted by molar-refractivity contribution is 0.360. The van der Waals surface area contributed by atoms with Crippen LogP contribution in [-0.2, 0) is 0 Å². The van der Waals surface area contributed by atoms with Crippen LogP contribution in [0.2, 0.25) is 0 Å². The summed E-state index contributed by atoms with van der Waals surface area (Å²) in [5.74, 6) is -1.71. The molecule has 4 heteroatoms. The predicted molar refractivity (Wildman–Crippen MR) is 60.5 cm³/mol. The van der Waals surface area contributed by atoms with E-state index in [1.165, 1.54) is 19.2 Å². The van der Waals surface area contributed by atoms with E-state index < -0.39 is 11.6 Å². The van der Waals surface area contributed by atoms with Crippen LogP contribution in [0.25, 0.3) is 6.08 Å². The van der Waals surface area contributed by atoms with Crippen LogP contribution in [0, 0.1) is 11.6 Å². The van der Waals surface area contributed by atoms with E-state index >= 15 is 0 Å². The average molecular weight is 227 g/mol. The summed E-state index contributed by atoms with van der Waals surface area (Å²) < 4.78 is 31.1. The van der Waals surface area contributed by atoms with Gasteiger partial charge in [-0.25, -0.2) is 8.78 Å². The van der Waals surface area contributed by atoms with Crippen molar-refractivity contribution in [3.05, 3.63) is 35.4 Å². The van der Waals surface area contributed by atoms with E-state index in [0.29, 0.717) is 5.56 Å². The van der Waals surface area contributed by atoms with Crippen molar-refractivity contribution >= 4 is 6.08 Å². The Bertz CT molecular complexity index is 354. The Balaban J connectivity index is 2.79. The largest absolute Gasteiger partial charge is 0.491 e. The predicted octanol–water partition coefficient (Wildman–Crippen LogP) is 2.60. The van der Waals surface area contributed by atoms with Gasteiger partial charge in [0.25, 0.3) is 0 Å². The third-order valence-corrected chi connectivity index (χ3v) is 2.10. The van der Waals surface area contributed by atoms with Crippen LogP contribution >= 0.6 is 0 Å². The molecule has 0 amide bonds. The molecule has 0 unspecified atom stereocenters. The molecule has 0 aliphatic heterocycles. The van der Waals surface area contributed by atoms with Gasteiger partial charge in [-0.2, -0.15) is 0 Å². The zero-order valence-electron chi connectivity index (χ0n) is 9.39. The maximum Gasteiger partial charge on any atom is 0.190 e. The van der Waals surface area contributed by atoms with E-state index in [1.54, 1.807) is 6.08 Å². The summed E-state index contributed by atoms with van der Waals surface area (Å²) >= 11 is 0. The summed E-state index contributed by atoms with van der Waals surface area (Å²) in [6.45, 7) is 0.831. The van der Waals surface area contributed by atoms with Gasteiger partial charge < -0.3 is 10.1 Å². The lowest BCUT2D eigenvalue weighted by Crippen LogP contribution is -2.05. The molecule has 0 aliphatic rings. The Morgan fingerprint density at radius 1 is 1.31 bits per heavy atom. The van der Waals surface area contributed by atoms with Gasteiger partial charge in [0.05, 0.1) is 7.11 Å². The molecular formula is C12H15F2NO. The molecule has 1 rings (SSSR count). The number of ether oxygens (including phenoxy) is 1. The van der Waals surface area contributed by atoms with Crippen LogP contribution in [0.1, 0.15) is 12.0 Å². The third-order valence-electron chi connectivity index (χ3n) is 2.10. The van der Waals surface area contributed by atoms with Gasteiger partial charge in [-0.05, 0) is 37.7 Å². The van der Waals surface area contributed by atoms with E-state index in [0.717, 1.165) is 13.0 Å². The molecule has 16 heavy (non-hydrogen) atoms. The molecule has 0 heterocycles. The number of methoxy groups -OCH3 is 1. The summed E-state index contributed by atoms with van der Waals surface area (Å²) in [7, 11) is 3.09. The molecule has 88 valence electrons. The summed E-state index contributed by atoms with van der Waals surface area (Å²) in [6.07, 6.45) is 4.35. The SMILES string of the molecule is CNCCC=Cc1cc(F)c(OC)c(F)c1. The Morgan fingerprint density at radius 2 is 1.94 bits per heavy atom. The van der Waals surface area contributed by atoms with E-state index in [4.69, 9.17) is 0 Å². The molecule has 0 aliphatic carbocycles. The van der Waals surface area contributed by atoms with E-state index in [1.807, 2.05) is 13.1 Å². The zero-order valence-corrected chi connectivity index (χ0v) is 9.39. The van der Waals surface area contributed by atoms with Crippen LogP contribution in [0.15, 0.2) is 18.2 Å². The molecule has 1 aromatic carbocycles. The lowest BCUT2D eigenvalue weighted by atomic mass is 10.1. The fourth-order valence-corrected chi connectivity index (χ4v) is 1.32. The molecule has 1 N–H and O–H groups in total.